The zero-order valence-electron chi connectivity index (χ0n) is 9.34. The molecule has 0 saturated heterocycles. The van der Waals surface area contributed by atoms with Crippen LogP contribution in [0, 0.1) is 11.2 Å². The highest BCUT2D eigenvalue weighted by Crippen LogP contribution is 2.45. The highest BCUT2D eigenvalue weighted by Gasteiger charge is 2.42. The zero-order valence-corrected chi connectivity index (χ0v) is 10.1. The van der Waals surface area contributed by atoms with Crippen molar-refractivity contribution in [3.63, 3.8) is 0 Å². The van der Waals surface area contributed by atoms with Crippen LogP contribution < -0.4 is 10.6 Å². The highest BCUT2D eigenvalue weighted by molar-refractivity contribution is 6.31. The topological polar surface area (TPSA) is 29.3 Å². The fraction of sp³-hybridized carbons (Fsp3) is 0.500. The summed E-state index contributed by atoms with van der Waals surface area (Å²) >= 11 is 5.75. The van der Waals surface area contributed by atoms with Crippen LogP contribution in [0.25, 0.3) is 0 Å². The van der Waals surface area contributed by atoms with Gasteiger partial charge in [-0.3, -0.25) is 0 Å². The molecule has 1 fully saturated rings. The Morgan fingerprint density at radius 1 is 1.50 bits per heavy atom. The fourth-order valence-corrected chi connectivity index (χ4v) is 2.10. The van der Waals surface area contributed by atoms with Gasteiger partial charge in [0.15, 0.2) is 0 Å². The van der Waals surface area contributed by atoms with Crippen molar-refractivity contribution in [3.05, 3.63) is 29.0 Å². The Kier molecular flexibility index (Phi) is 3.08. The highest BCUT2D eigenvalue weighted by atomic mass is 35.5. The van der Waals surface area contributed by atoms with Gasteiger partial charge in [-0.2, -0.15) is 0 Å². The molecule has 4 heteroatoms. The van der Waals surface area contributed by atoms with Crippen molar-refractivity contribution in [2.24, 2.45) is 11.1 Å². The maximum Gasteiger partial charge on any atom is 0.141 e. The minimum atomic E-state index is -0.376. The first-order valence-corrected chi connectivity index (χ1v) is 5.80. The van der Waals surface area contributed by atoms with Crippen LogP contribution in [0.3, 0.4) is 0 Å². The molecule has 1 aliphatic carbocycles. The summed E-state index contributed by atoms with van der Waals surface area (Å²) in [4.78, 5) is 2.09. The summed E-state index contributed by atoms with van der Waals surface area (Å²) in [6, 6.07) is 4.80. The maximum atomic E-state index is 13.0. The molecule has 0 aromatic heterocycles. The van der Waals surface area contributed by atoms with Gasteiger partial charge >= 0.3 is 0 Å². The first-order chi connectivity index (χ1) is 7.56. The summed E-state index contributed by atoms with van der Waals surface area (Å²) in [5.74, 6) is -0.376. The van der Waals surface area contributed by atoms with Crippen LogP contribution >= 0.6 is 11.6 Å². The van der Waals surface area contributed by atoms with Crippen molar-refractivity contribution in [3.8, 4) is 0 Å². The minimum Gasteiger partial charge on any atom is -0.374 e. The molecule has 2 rings (SSSR count). The average molecular weight is 243 g/mol. The van der Waals surface area contributed by atoms with Gasteiger partial charge in [0.25, 0.3) is 0 Å². The van der Waals surface area contributed by atoms with Gasteiger partial charge in [0.05, 0.1) is 5.02 Å². The number of benzene rings is 1. The van der Waals surface area contributed by atoms with Gasteiger partial charge in [-0.15, -0.1) is 0 Å². The summed E-state index contributed by atoms with van der Waals surface area (Å²) < 4.78 is 13.0. The second-order valence-electron chi connectivity index (χ2n) is 4.66. The molecule has 0 amide bonds. The van der Waals surface area contributed by atoms with E-state index < -0.39 is 0 Å². The molecule has 0 aliphatic heterocycles. The lowest BCUT2D eigenvalue weighted by molar-refractivity contribution is 0.523. The van der Waals surface area contributed by atoms with Crippen LogP contribution in [0.15, 0.2) is 18.2 Å². The normalized spacial score (nSPS) is 17.2. The Balaban J connectivity index is 2.09. The minimum absolute atomic E-state index is 0.168. The van der Waals surface area contributed by atoms with Gasteiger partial charge < -0.3 is 10.6 Å². The number of rotatable bonds is 4. The quantitative estimate of drug-likeness (QED) is 0.880. The third-order valence-electron chi connectivity index (χ3n) is 3.31. The zero-order chi connectivity index (χ0) is 11.8. The summed E-state index contributed by atoms with van der Waals surface area (Å²) in [7, 11) is 1.99. The molecular weight excluding hydrogens is 227 g/mol. The van der Waals surface area contributed by atoms with Gasteiger partial charge in [0.2, 0.25) is 0 Å². The predicted molar refractivity (Wildman–Crippen MR) is 65.4 cm³/mol. The molecule has 0 radical (unpaired) electrons. The van der Waals surface area contributed by atoms with E-state index in [-0.39, 0.29) is 16.3 Å². The van der Waals surface area contributed by atoms with Crippen molar-refractivity contribution in [2.75, 3.05) is 25.0 Å². The van der Waals surface area contributed by atoms with E-state index in [1.165, 1.54) is 18.9 Å². The molecule has 0 unspecified atom stereocenters. The molecule has 2 N–H and O–H groups in total. The van der Waals surface area contributed by atoms with Crippen LogP contribution in [0.5, 0.6) is 0 Å². The Morgan fingerprint density at radius 3 is 2.69 bits per heavy atom. The lowest BCUT2D eigenvalue weighted by Gasteiger charge is -2.24. The molecule has 0 spiro atoms. The molecule has 1 saturated carbocycles. The summed E-state index contributed by atoms with van der Waals surface area (Å²) in [6.45, 7) is 1.62. The average Bonchev–Trinajstić information content (AvgIpc) is 3.02. The Morgan fingerprint density at radius 2 is 2.19 bits per heavy atom. The number of anilines is 1. The van der Waals surface area contributed by atoms with E-state index in [2.05, 4.69) is 4.90 Å². The smallest absolute Gasteiger partial charge is 0.141 e. The largest absolute Gasteiger partial charge is 0.374 e. The third kappa shape index (κ3) is 2.30. The second-order valence-corrected chi connectivity index (χ2v) is 5.07. The molecule has 0 atom stereocenters. The fourth-order valence-electron chi connectivity index (χ4n) is 1.92. The molecule has 16 heavy (non-hydrogen) atoms. The Labute approximate surface area is 100 Å². The van der Waals surface area contributed by atoms with Crippen LogP contribution in [0.2, 0.25) is 5.02 Å². The number of hydrogen-bond donors (Lipinski definition) is 1. The lowest BCUT2D eigenvalue weighted by Crippen LogP contribution is -2.31. The van der Waals surface area contributed by atoms with E-state index in [0.29, 0.717) is 6.54 Å². The van der Waals surface area contributed by atoms with Gasteiger partial charge in [0.1, 0.15) is 5.82 Å². The second kappa shape index (κ2) is 4.22. The van der Waals surface area contributed by atoms with E-state index in [1.807, 2.05) is 7.05 Å². The van der Waals surface area contributed by atoms with Crippen molar-refractivity contribution < 1.29 is 4.39 Å². The van der Waals surface area contributed by atoms with Crippen molar-refractivity contribution in [2.45, 2.75) is 12.8 Å². The summed E-state index contributed by atoms with van der Waals surface area (Å²) in [5.41, 5.74) is 6.95. The molecule has 0 heterocycles. The Bertz CT molecular complexity index is 391. The molecule has 0 bridgehead atoms. The molecule has 1 aromatic carbocycles. The van der Waals surface area contributed by atoms with Gasteiger partial charge in [0, 0.05) is 24.7 Å². The van der Waals surface area contributed by atoms with Crippen LogP contribution in [-0.2, 0) is 0 Å². The van der Waals surface area contributed by atoms with Gasteiger partial charge in [-0.25, -0.2) is 4.39 Å². The molecule has 1 aliphatic rings. The predicted octanol–water partition coefficient (Wildman–Crippen LogP) is 2.65. The van der Waals surface area contributed by atoms with Crippen LogP contribution in [0.4, 0.5) is 10.1 Å². The first-order valence-electron chi connectivity index (χ1n) is 5.43. The van der Waals surface area contributed by atoms with E-state index in [9.17, 15) is 4.39 Å². The van der Waals surface area contributed by atoms with Crippen molar-refractivity contribution >= 4 is 17.3 Å². The van der Waals surface area contributed by atoms with E-state index in [4.69, 9.17) is 17.3 Å². The van der Waals surface area contributed by atoms with Crippen LogP contribution in [-0.4, -0.2) is 20.1 Å². The van der Waals surface area contributed by atoms with E-state index in [1.54, 1.807) is 12.1 Å². The van der Waals surface area contributed by atoms with Crippen molar-refractivity contribution in [1.82, 2.24) is 0 Å². The monoisotopic (exact) mass is 242 g/mol. The van der Waals surface area contributed by atoms with Gasteiger partial charge in [-0.05, 0) is 37.6 Å². The molecule has 1 aromatic rings. The number of nitrogens with zero attached hydrogens (tertiary/aromatic N) is 1. The maximum absolute atomic E-state index is 13.0. The lowest BCUT2D eigenvalue weighted by atomic mass is 10.1. The number of hydrogen-bond acceptors (Lipinski definition) is 2. The van der Waals surface area contributed by atoms with Gasteiger partial charge in [-0.1, -0.05) is 11.6 Å². The number of halogens is 2. The van der Waals surface area contributed by atoms with E-state index >= 15 is 0 Å². The van der Waals surface area contributed by atoms with Crippen LogP contribution in [0.1, 0.15) is 12.8 Å². The summed E-state index contributed by atoms with van der Waals surface area (Å²) in [5, 5.41) is 0.168. The Hall–Kier alpha value is -0.800. The van der Waals surface area contributed by atoms with Crippen molar-refractivity contribution in [1.29, 1.82) is 0 Å². The standard InChI is InChI=1S/C12H16ClFN2/c1-16(8-12(7-15)4-5-12)9-2-3-11(14)10(13)6-9/h2-3,6H,4-5,7-8,15H2,1H3. The first kappa shape index (κ1) is 11.7. The third-order valence-corrected chi connectivity index (χ3v) is 3.60. The summed E-state index contributed by atoms with van der Waals surface area (Å²) in [6.07, 6.45) is 2.37. The SMILES string of the molecule is CN(CC1(CN)CC1)c1ccc(F)c(Cl)c1. The van der Waals surface area contributed by atoms with E-state index in [0.717, 1.165) is 12.2 Å². The molecule has 2 nitrogen and oxygen atoms in total. The molecular formula is C12H16ClFN2. The molecule has 88 valence electrons. The number of nitrogens with two attached hydrogens (primary N) is 1.